The maximum Gasteiger partial charge on any atom is 0.352 e. The highest BCUT2D eigenvalue weighted by atomic mass is 16.6. The lowest BCUT2D eigenvalue weighted by Crippen LogP contribution is -2.24. The van der Waals surface area contributed by atoms with Crippen molar-refractivity contribution in [1.82, 2.24) is 9.55 Å². The molecule has 0 aliphatic heterocycles. The molecule has 0 spiro atoms. The van der Waals surface area contributed by atoms with Crippen LogP contribution < -0.4 is 5.69 Å². The van der Waals surface area contributed by atoms with Gasteiger partial charge in [-0.2, -0.15) is 4.98 Å². The Labute approximate surface area is 131 Å². The van der Waals surface area contributed by atoms with Crippen LogP contribution in [0.5, 0.6) is 0 Å². The molecule has 1 aromatic carbocycles. The van der Waals surface area contributed by atoms with Gasteiger partial charge >= 0.3 is 11.7 Å². The smallest absolute Gasteiger partial charge is 0.352 e. The molecule has 7 heteroatoms. The van der Waals surface area contributed by atoms with E-state index in [1.54, 1.807) is 36.5 Å². The lowest BCUT2D eigenvalue weighted by Gasteiger charge is -2.07. The van der Waals surface area contributed by atoms with E-state index >= 15 is 0 Å². The first kappa shape index (κ1) is 15.0. The van der Waals surface area contributed by atoms with Crippen molar-refractivity contribution in [3.8, 4) is 0 Å². The van der Waals surface area contributed by atoms with Gasteiger partial charge in [-0.05, 0) is 18.2 Å². The van der Waals surface area contributed by atoms with Crippen molar-refractivity contribution in [1.29, 1.82) is 0 Å². The summed E-state index contributed by atoms with van der Waals surface area (Å²) < 4.78 is 16.8. The summed E-state index contributed by atoms with van der Waals surface area (Å²) in [6, 6.07) is 10.4. The summed E-state index contributed by atoms with van der Waals surface area (Å²) in [5.41, 5.74) is 0.315. The monoisotopic (exact) mass is 314 g/mol. The average Bonchev–Trinajstić information content (AvgIpc) is 3.02. The SMILES string of the molecule is O=C(OCCOCn1cc2ccoc2nc1=O)c1ccccc1. The Balaban J connectivity index is 1.47. The molecule has 0 amide bonds. The highest BCUT2D eigenvalue weighted by Gasteiger charge is 2.06. The van der Waals surface area contributed by atoms with Crippen LogP contribution in [-0.2, 0) is 16.2 Å². The second-order valence-corrected chi connectivity index (χ2v) is 4.71. The van der Waals surface area contributed by atoms with Gasteiger partial charge in [-0.25, -0.2) is 9.59 Å². The van der Waals surface area contributed by atoms with Gasteiger partial charge in [-0.1, -0.05) is 18.2 Å². The zero-order valence-electron chi connectivity index (χ0n) is 12.2. The Kier molecular flexibility index (Phi) is 4.49. The maximum absolute atomic E-state index is 11.7. The van der Waals surface area contributed by atoms with Crippen LogP contribution in [0.2, 0.25) is 0 Å². The molecular formula is C16H14N2O5. The van der Waals surface area contributed by atoms with E-state index < -0.39 is 11.7 Å². The summed E-state index contributed by atoms with van der Waals surface area (Å²) in [5, 5.41) is 0.712. The van der Waals surface area contributed by atoms with E-state index in [9.17, 15) is 9.59 Å². The lowest BCUT2D eigenvalue weighted by atomic mass is 10.2. The van der Waals surface area contributed by atoms with Gasteiger partial charge in [-0.3, -0.25) is 4.57 Å². The number of carbonyl (C=O) groups is 1. The molecule has 0 bridgehead atoms. The van der Waals surface area contributed by atoms with Crippen LogP contribution >= 0.6 is 0 Å². The van der Waals surface area contributed by atoms with Crippen molar-refractivity contribution >= 4 is 17.1 Å². The van der Waals surface area contributed by atoms with E-state index in [2.05, 4.69) is 4.98 Å². The van der Waals surface area contributed by atoms with Gasteiger partial charge in [0.05, 0.1) is 23.8 Å². The van der Waals surface area contributed by atoms with Crippen LogP contribution in [0.25, 0.3) is 11.1 Å². The molecule has 0 saturated heterocycles. The van der Waals surface area contributed by atoms with Gasteiger partial charge in [0, 0.05) is 6.20 Å². The van der Waals surface area contributed by atoms with Gasteiger partial charge in [0.1, 0.15) is 13.3 Å². The van der Waals surface area contributed by atoms with Crippen molar-refractivity contribution in [2.45, 2.75) is 6.73 Å². The molecule has 7 nitrogen and oxygen atoms in total. The second-order valence-electron chi connectivity index (χ2n) is 4.71. The number of hydrogen-bond donors (Lipinski definition) is 0. The molecule has 0 aliphatic rings. The number of fused-ring (bicyclic) bond motifs is 1. The van der Waals surface area contributed by atoms with Crippen LogP contribution in [-0.4, -0.2) is 28.7 Å². The first-order valence-corrected chi connectivity index (χ1v) is 6.98. The molecule has 3 aromatic rings. The minimum absolute atomic E-state index is 0.0237. The van der Waals surface area contributed by atoms with Crippen molar-refractivity contribution in [3.05, 3.63) is 64.9 Å². The number of aromatic nitrogens is 2. The quantitative estimate of drug-likeness (QED) is 0.510. The highest BCUT2D eigenvalue weighted by molar-refractivity contribution is 5.89. The molecular weight excluding hydrogens is 300 g/mol. The minimum Gasteiger partial charge on any atom is -0.460 e. The molecule has 2 heterocycles. The molecule has 0 unspecified atom stereocenters. The largest absolute Gasteiger partial charge is 0.460 e. The number of hydrogen-bond acceptors (Lipinski definition) is 6. The summed E-state index contributed by atoms with van der Waals surface area (Å²) in [6.07, 6.45) is 3.06. The first-order chi connectivity index (χ1) is 11.2. The maximum atomic E-state index is 11.7. The summed E-state index contributed by atoms with van der Waals surface area (Å²) in [6.45, 7) is 0.300. The summed E-state index contributed by atoms with van der Waals surface area (Å²) in [5.74, 6) is -0.409. The molecule has 3 rings (SSSR count). The third kappa shape index (κ3) is 3.64. The number of rotatable bonds is 6. The van der Waals surface area contributed by atoms with Gasteiger partial charge in [-0.15, -0.1) is 0 Å². The summed E-state index contributed by atoms with van der Waals surface area (Å²) >= 11 is 0. The first-order valence-electron chi connectivity index (χ1n) is 6.98. The molecule has 0 saturated carbocycles. The lowest BCUT2D eigenvalue weighted by molar-refractivity contribution is 0.0164. The number of esters is 1. The van der Waals surface area contributed by atoms with E-state index in [1.165, 1.54) is 10.8 Å². The zero-order chi connectivity index (χ0) is 16.1. The Morgan fingerprint density at radius 1 is 1.17 bits per heavy atom. The normalized spacial score (nSPS) is 10.8. The van der Waals surface area contributed by atoms with Gasteiger partial charge in [0.15, 0.2) is 0 Å². The Morgan fingerprint density at radius 3 is 2.83 bits per heavy atom. The van der Waals surface area contributed by atoms with Crippen LogP contribution in [0.4, 0.5) is 0 Å². The fraction of sp³-hybridized carbons (Fsp3) is 0.188. The molecule has 23 heavy (non-hydrogen) atoms. The molecule has 0 aliphatic carbocycles. The van der Waals surface area contributed by atoms with Crippen molar-refractivity contribution in [3.63, 3.8) is 0 Å². The highest BCUT2D eigenvalue weighted by Crippen LogP contribution is 2.09. The minimum atomic E-state index is -0.464. The number of nitrogens with zero attached hydrogens (tertiary/aromatic N) is 2. The second kappa shape index (κ2) is 6.89. The number of carbonyl (C=O) groups excluding carboxylic acids is 1. The number of benzene rings is 1. The third-order valence-electron chi connectivity index (χ3n) is 3.11. The summed E-state index contributed by atoms with van der Waals surface area (Å²) in [4.78, 5) is 27.2. The average molecular weight is 314 g/mol. The Morgan fingerprint density at radius 2 is 2.00 bits per heavy atom. The van der Waals surface area contributed by atoms with Crippen LogP contribution in [0.3, 0.4) is 0 Å². The van der Waals surface area contributed by atoms with Gasteiger partial charge in [0.25, 0.3) is 0 Å². The molecule has 0 radical (unpaired) electrons. The Hall–Kier alpha value is -2.93. The van der Waals surface area contributed by atoms with Gasteiger partial charge < -0.3 is 13.9 Å². The standard InChI is InChI=1S/C16H14N2O5/c19-15(12-4-2-1-3-5-12)23-9-8-21-11-18-10-13-6-7-22-14(13)17-16(18)20/h1-7,10H,8-9,11H2. The van der Waals surface area contributed by atoms with Crippen molar-refractivity contribution in [2.24, 2.45) is 0 Å². The van der Waals surface area contributed by atoms with E-state index in [1.807, 2.05) is 6.07 Å². The number of furan rings is 1. The van der Waals surface area contributed by atoms with E-state index in [-0.39, 0.29) is 19.9 Å². The molecule has 118 valence electrons. The molecule has 2 aromatic heterocycles. The fourth-order valence-corrected chi connectivity index (χ4v) is 1.98. The predicted molar refractivity (Wildman–Crippen MR) is 80.9 cm³/mol. The van der Waals surface area contributed by atoms with Crippen LogP contribution in [0.1, 0.15) is 10.4 Å². The van der Waals surface area contributed by atoms with E-state index in [4.69, 9.17) is 13.9 Å². The molecule has 0 atom stereocenters. The summed E-state index contributed by atoms with van der Waals surface area (Å²) in [7, 11) is 0. The van der Waals surface area contributed by atoms with Crippen LogP contribution in [0.15, 0.2) is 58.1 Å². The van der Waals surface area contributed by atoms with E-state index in [0.717, 1.165) is 0 Å². The fourth-order valence-electron chi connectivity index (χ4n) is 1.98. The predicted octanol–water partition coefficient (Wildman–Crippen LogP) is 1.82. The number of ether oxygens (including phenoxy) is 2. The zero-order valence-corrected chi connectivity index (χ0v) is 12.2. The van der Waals surface area contributed by atoms with Crippen molar-refractivity contribution in [2.75, 3.05) is 13.2 Å². The molecule has 0 N–H and O–H groups in total. The topological polar surface area (TPSA) is 83.6 Å². The van der Waals surface area contributed by atoms with Crippen LogP contribution in [0, 0.1) is 0 Å². The molecule has 0 fully saturated rings. The third-order valence-corrected chi connectivity index (χ3v) is 3.11. The van der Waals surface area contributed by atoms with Gasteiger partial charge in [0.2, 0.25) is 5.71 Å². The van der Waals surface area contributed by atoms with E-state index in [0.29, 0.717) is 16.7 Å². The Bertz CT molecular complexity index is 854. The van der Waals surface area contributed by atoms with Crippen molar-refractivity contribution < 1.29 is 18.7 Å².